The Bertz CT molecular complexity index is 2180. The molecule has 2 aromatic carbocycles. The van der Waals surface area contributed by atoms with E-state index >= 15 is 4.39 Å². The number of ketones is 1. The molecule has 3 saturated carbocycles. The molecule has 314 valence electrons. The molecule has 59 heavy (non-hydrogen) atoms. The van der Waals surface area contributed by atoms with E-state index in [4.69, 9.17) is 15.2 Å². The average Bonchev–Trinajstić information content (AvgIpc) is 3.42. The van der Waals surface area contributed by atoms with E-state index in [0.717, 1.165) is 21.9 Å². The molecule has 1 heterocycles. The summed E-state index contributed by atoms with van der Waals surface area (Å²) in [5, 5.41) is 38.8. The van der Waals surface area contributed by atoms with Gasteiger partial charge in [-0.1, -0.05) is 68.0 Å². The number of fused-ring (bicyclic) bond motifs is 6. The van der Waals surface area contributed by atoms with Crippen molar-refractivity contribution in [2.45, 2.75) is 102 Å². The zero-order valence-electron chi connectivity index (χ0n) is 33.7. The van der Waals surface area contributed by atoms with Gasteiger partial charge in [-0.05, 0) is 92.1 Å². The van der Waals surface area contributed by atoms with Crippen molar-refractivity contribution in [2.75, 3.05) is 18.5 Å². The fraction of sp³-hybridized carbons (Fsp3) is 0.500. The van der Waals surface area contributed by atoms with E-state index in [-0.39, 0.29) is 31.8 Å². The van der Waals surface area contributed by atoms with Gasteiger partial charge in [0, 0.05) is 40.2 Å². The Kier molecular flexibility index (Phi) is 11.7. The highest BCUT2D eigenvalue weighted by Gasteiger charge is 2.75. The first-order chi connectivity index (χ1) is 28.0. The van der Waals surface area contributed by atoms with Crippen LogP contribution < -0.4 is 11.1 Å². The van der Waals surface area contributed by atoms with Crippen LogP contribution >= 0.6 is 0 Å². The van der Waals surface area contributed by atoms with E-state index in [1.54, 1.807) is 69.6 Å². The highest BCUT2D eigenvalue weighted by molar-refractivity contribution is 5.98. The Morgan fingerprint density at radius 2 is 1.73 bits per heavy atom. The van der Waals surface area contributed by atoms with Crippen LogP contribution in [-0.4, -0.2) is 80.6 Å². The molecule has 0 bridgehead atoms. The summed E-state index contributed by atoms with van der Waals surface area (Å²) < 4.78 is 28.1. The van der Waals surface area contributed by atoms with E-state index in [1.807, 2.05) is 24.3 Å². The third kappa shape index (κ3) is 7.40. The van der Waals surface area contributed by atoms with Gasteiger partial charge in [-0.2, -0.15) is 0 Å². The van der Waals surface area contributed by atoms with Crippen LogP contribution in [0.4, 0.5) is 10.1 Å². The zero-order valence-corrected chi connectivity index (χ0v) is 33.7. The minimum atomic E-state index is -2.07. The standard InChI is InChI=1S/C46H54FN3O9/c1-27-20-37-36-11-9-32-22-34(51)14-17-43(32,2)45(36,47)38(52)23-44(37,3)46(27,57)39(53)26-59-41(55)13-12-40(54)58-25-28-4-6-29(7-5-28)35(15-18-48)42(56)50-33-10-8-31-24-49-19-16-30(31)21-33/h4-8,10,14,16-17,19,21-22,24,27,34-38,51-52,57H,9,11-13,15,18,20,23,25-26,48H2,1-3H3,(H,50,56)/t27-,34?,35-,36+,37+,38+,43+,44+,45+,46+/m1/s1. The second-order valence-electron chi connectivity index (χ2n) is 17.3. The van der Waals surface area contributed by atoms with Crippen molar-refractivity contribution in [1.29, 1.82) is 0 Å². The number of nitrogens with zero attached hydrogens (tertiary/aromatic N) is 1. The number of allylic oxidation sites excluding steroid dienone is 2. The molecule has 0 radical (unpaired) electrons. The molecule has 3 fully saturated rings. The Hall–Kier alpha value is -4.82. The van der Waals surface area contributed by atoms with Gasteiger partial charge < -0.3 is 35.8 Å². The average molecular weight is 812 g/mol. The predicted octanol–water partition coefficient (Wildman–Crippen LogP) is 5.38. The first-order valence-corrected chi connectivity index (χ1v) is 20.5. The lowest BCUT2D eigenvalue weighted by Gasteiger charge is -2.62. The molecule has 6 N–H and O–H groups in total. The van der Waals surface area contributed by atoms with Gasteiger partial charge in [0.1, 0.15) is 12.2 Å². The second-order valence-corrected chi connectivity index (χ2v) is 17.3. The summed E-state index contributed by atoms with van der Waals surface area (Å²) in [5.74, 6) is -4.62. The van der Waals surface area contributed by atoms with Crippen LogP contribution in [0.1, 0.15) is 82.8 Å². The first-order valence-electron chi connectivity index (χ1n) is 20.5. The molecular weight excluding hydrogens is 758 g/mol. The number of esters is 2. The van der Waals surface area contributed by atoms with Gasteiger partial charge in [0.2, 0.25) is 11.7 Å². The summed E-state index contributed by atoms with van der Waals surface area (Å²) in [6, 6.07) is 14.5. The number of ether oxygens (including phenoxy) is 2. The highest BCUT2D eigenvalue weighted by atomic mass is 19.1. The first kappa shape index (κ1) is 42.3. The van der Waals surface area contributed by atoms with Crippen LogP contribution in [0, 0.1) is 28.6 Å². The topological polar surface area (TPSA) is 198 Å². The molecule has 4 aliphatic rings. The lowest BCUT2D eigenvalue weighted by molar-refractivity contribution is -0.220. The molecule has 3 aromatic rings. The molecule has 13 heteroatoms. The number of halogens is 1. The molecule has 1 amide bonds. The number of aliphatic hydroxyl groups excluding tert-OH is 2. The number of carbonyl (C=O) groups excluding carboxylic acids is 4. The number of aliphatic hydroxyl groups is 3. The number of anilines is 1. The molecule has 7 rings (SSSR count). The Morgan fingerprint density at radius 1 is 1.00 bits per heavy atom. The number of pyridine rings is 1. The monoisotopic (exact) mass is 811 g/mol. The third-order valence-corrected chi connectivity index (χ3v) is 14.1. The van der Waals surface area contributed by atoms with Crippen molar-refractivity contribution in [3.05, 3.63) is 95.9 Å². The van der Waals surface area contributed by atoms with E-state index in [1.165, 1.54) is 6.08 Å². The lowest BCUT2D eigenvalue weighted by Crippen LogP contribution is -2.69. The van der Waals surface area contributed by atoms with Crippen molar-refractivity contribution >= 4 is 40.1 Å². The molecule has 0 saturated heterocycles. The quantitative estimate of drug-likeness (QED) is 0.110. The SMILES string of the molecule is C[C@@H]1C[C@H]2[C@@H]3CCC4=CC(O)C=C[C@]4(C)[C@@]3(F)[C@@H](O)C[C@]2(C)[C@@]1(O)C(=O)COC(=O)CCC(=O)OCc1ccc([C@@H](CCN)C(=O)Nc2ccc3cnccc3c2)cc1. The number of amides is 1. The summed E-state index contributed by atoms with van der Waals surface area (Å²) in [5.41, 5.74) is 2.27. The van der Waals surface area contributed by atoms with Crippen LogP contribution in [0.15, 0.2) is 84.7 Å². The molecule has 0 aliphatic heterocycles. The van der Waals surface area contributed by atoms with Crippen molar-refractivity contribution in [3.63, 3.8) is 0 Å². The molecule has 0 spiro atoms. The highest BCUT2D eigenvalue weighted by Crippen LogP contribution is 2.70. The Labute approximate surface area is 343 Å². The van der Waals surface area contributed by atoms with Crippen molar-refractivity contribution in [2.24, 2.45) is 34.3 Å². The van der Waals surface area contributed by atoms with Crippen molar-refractivity contribution < 1.29 is 48.4 Å². The summed E-state index contributed by atoms with van der Waals surface area (Å²) in [6.07, 6.45) is 6.81. The molecule has 1 unspecified atom stereocenters. The fourth-order valence-corrected chi connectivity index (χ4v) is 10.9. The van der Waals surface area contributed by atoms with Gasteiger partial charge in [-0.25, -0.2) is 4.39 Å². The van der Waals surface area contributed by atoms with Gasteiger partial charge in [0.05, 0.1) is 31.0 Å². The van der Waals surface area contributed by atoms with Crippen LogP contribution in [0.2, 0.25) is 0 Å². The molecule has 12 nitrogen and oxygen atoms in total. The summed E-state index contributed by atoms with van der Waals surface area (Å²) in [4.78, 5) is 56.5. The van der Waals surface area contributed by atoms with E-state index in [0.29, 0.717) is 43.5 Å². The molecule has 4 aliphatic carbocycles. The summed E-state index contributed by atoms with van der Waals surface area (Å²) in [7, 11) is 0. The molecule has 10 atom stereocenters. The zero-order chi connectivity index (χ0) is 42.3. The van der Waals surface area contributed by atoms with Crippen molar-refractivity contribution in [3.8, 4) is 0 Å². The summed E-state index contributed by atoms with van der Waals surface area (Å²) >= 11 is 0. The number of hydrogen-bond donors (Lipinski definition) is 5. The Morgan fingerprint density at radius 3 is 2.46 bits per heavy atom. The number of carbonyl (C=O) groups is 4. The number of nitrogens with one attached hydrogen (secondary N) is 1. The maximum Gasteiger partial charge on any atom is 0.306 e. The number of aromatic nitrogens is 1. The number of rotatable bonds is 13. The van der Waals surface area contributed by atoms with Gasteiger partial charge in [0.25, 0.3) is 0 Å². The molecular formula is C46H54FN3O9. The second kappa shape index (κ2) is 16.3. The number of alkyl halides is 1. The predicted molar refractivity (Wildman–Crippen MR) is 217 cm³/mol. The van der Waals surface area contributed by atoms with E-state index < -0.39 is 82.3 Å². The van der Waals surface area contributed by atoms with E-state index in [9.17, 15) is 34.5 Å². The number of Topliss-reactive ketones (excluding diaryl/α,β-unsaturated/α-hetero) is 1. The minimum absolute atomic E-state index is 0.0704. The maximum atomic E-state index is 17.5. The smallest absolute Gasteiger partial charge is 0.306 e. The van der Waals surface area contributed by atoms with Gasteiger partial charge in [-0.3, -0.25) is 24.2 Å². The third-order valence-electron chi connectivity index (χ3n) is 14.1. The largest absolute Gasteiger partial charge is 0.461 e. The number of hydrogen-bond acceptors (Lipinski definition) is 11. The normalized spacial score (nSPS) is 32.5. The van der Waals surface area contributed by atoms with Gasteiger partial charge >= 0.3 is 11.9 Å². The minimum Gasteiger partial charge on any atom is -0.461 e. The van der Waals surface area contributed by atoms with Crippen LogP contribution in [0.3, 0.4) is 0 Å². The van der Waals surface area contributed by atoms with Crippen molar-refractivity contribution in [1.82, 2.24) is 4.98 Å². The number of benzene rings is 2. The fourth-order valence-electron chi connectivity index (χ4n) is 10.9. The van der Waals surface area contributed by atoms with Crippen LogP contribution in [0.25, 0.3) is 10.8 Å². The van der Waals surface area contributed by atoms with Gasteiger partial charge in [-0.15, -0.1) is 0 Å². The van der Waals surface area contributed by atoms with E-state index in [2.05, 4.69) is 10.3 Å². The lowest BCUT2D eigenvalue weighted by atomic mass is 9.44. The Balaban J connectivity index is 0.894. The maximum absolute atomic E-state index is 17.5. The number of nitrogens with two attached hydrogens (primary N) is 1. The molecule has 1 aromatic heterocycles. The summed E-state index contributed by atoms with van der Waals surface area (Å²) in [6.45, 7) is 4.69. The van der Waals surface area contributed by atoms with Crippen LogP contribution in [0.5, 0.6) is 0 Å². The van der Waals surface area contributed by atoms with Crippen LogP contribution in [-0.2, 0) is 35.3 Å². The van der Waals surface area contributed by atoms with Gasteiger partial charge in [0.15, 0.2) is 12.3 Å².